The molecule has 4 nitrogen and oxygen atoms in total. The fourth-order valence-corrected chi connectivity index (χ4v) is 2.12. The molecule has 0 fully saturated rings. The molecule has 2 rings (SSSR count). The SMILES string of the molecule is C=Cc1c(NCc2ccccc2)cc(Cl)nc1C(=O)OC. The van der Waals surface area contributed by atoms with Gasteiger partial charge >= 0.3 is 5.97 Å². The zero-order chi connectivity index (χ0) is 15.2. The van der Waals surface area contributed by atoms with Gasteiger partial charge in [-0.2, -0.15) is 0 Å². The van der Waals surface area contributed by atoms with Crippen LogP contribution in [0.4, 0.5) is 5.69 Å². The van der Waals surface area contributed by atoms with Gasteiger partial charge in [0.25, 0.3) is 0 Å². The van der Waals surface area contributed by atoms with Gasteiger partial charge in [-0.25, -0.2) is 9.78 Å². The lowest BCUT2D eigenvalue weighted by molar-refractivity contribution is 0.0594. The largest absolute Gasteiger partial charge is 0.464 e. The highest BCUT2D eigenvalue weighted by molar-refractivity contribution is 6.30. The Labute approximate surface area is 128 Å². The molecule has 0 spiro atoms. The van der Waals surface area contributed by atoms with Crippen molar-refractivity contribution >= 4 is 29.3 Å². The lowest BCUT2D eigenvalue weighted by Crippen LogP contribution is -2.10. The third kappa shape index (κ3) is 3.61. The van der Waals surface area contributed by atoms with Gasteiger partial charge in [0, 0.05) is 17.8 Å². The highest BCUT2D eigenvalue weighted by Gasteiger charge is 2.16. The van der Waals surface area contributed by atoms with Crippen LogP contribution in [0.3, 0.4) is 0 Å². The molecule has 0 saturated heterocycles. The summed E-state index contributed by atoms with van der Waals surface area (Å²) < 4.78 is 4.72. The predicted octanol–water partition coefficient (Wildman–Crippen LogP) is 3.78. The number of methoxy groups -OCH3 is 1. The summed E-state index contributed by atoms with van der Waals surface area (Å²) in [6, 6.07) is 11.6. The molecule has 1 heterocycles. The van der Waals surface area contributed by atoms with Crippen LogP contribution in [0.15, 0.2) is 43.0 Å². The highest BCUT2D eigenvalue weighted by atomic mass is 35.5. The average Bonchev–Trinajstić information content (AvgIpc) is 2.52. The number of halogens is 1. The molecule has 0 saturated carbocycles. The number of nitrogens with zero attached hydrogens (tertiary/aromatic N) is 1. The summed E-state index contributed by atoms with van der Waals surface area (Å²) in [5, 5.41) is 3.46. The van der Waals surface area contributed by atoms with Crippen LogP contribution in [0, 0.1) is 0 Å². The Hall–Kier alpha value is -2.33. The first-order chi connectivity index (χ1) is 10.2. The number of ether oxygens (including phenoxy) is 1. The number of benzene rings is 1. The molecule has 1 aromatic heterocycles. The van der Waals surface area contributed by atoms with Crippen LogP contribution in [0.1, 0.15) is 21.6 Å². The number of nitrogens with one attached hydrogen (secondary N) is 1. The number of hydrogen-bond donors (Lipinski definition) is 1. The van der Waals surface area contributed by atoms with E-state index >= 15 is 0 Å². The standard InChI is InChI=1S/C16H15ClN2O2/c1-3-12-13(18-10-11-7-5-4-6-8-11)9-14(17)19-15(12)16(20)21-2/h3-9H,1,10H2,2H3,(H,18,19). The Morgan fingerprint density at radius 2 is 2.14 bits per heavy atom. The van der Waals surface area contributed by atoms with Gasteiger partial charge in [0.15, 0.2) is 5.69 Å². The van der Waals surface area contributed by atoms with E-state index in [4.69, 9.17) is 16.3 Å². The monoisotopic (exact) mass is 302 g/mol. The minimum Gasteiger partial charge on any atom is -0.464 e. The normalized spacial score (nSPS) is 10.0. The second kappa shape index (κ2) is 6.90. The second-order valence-electron chi connectivity index (χ2n) is 4.29. The molecule has 21 heavy (non-hydrogen) atoms. The summed E-state index contributed by atoms with van der Waals surface area (Å²) in [5.74, 6) is -0.546. The molecular formula is C16H15ClN2O2. The molecule has 0 aliphatic heterocycles. The van der Waals surface area contributed by atoms with E-state index in [1.807, 2.05) is 30.3 Å². The van der Waals surface area contributed by atoms with Crippen LogP contribution in [-0.2, 0) is 11.3 Å². The number of rotatable bonds is 5. The van der Waals surface area contributed by atoms with Crippen molar-refractivity contribution in [1.82, 2.24) is 4.98 Å². The number of carbonyl (C=O) groups is 1. The van der Waals surface area contributed by atoms with Crippen molar-refractivity contribution in [2.45, 2.75) is 6.54 Å². The van der Waals surface area contributed by atoms with E-state index in [2.05, 4.69) is 16.9 Å². The van der Waals surface area contributed by atoms with Crippen molar-refractivity contribution < 1.29 is 9.53 Å². The van der Waals surface area contributed by atoms with Gasteiger partial charge in [0.2, 0.25) is 0 Å². The van der Waals surface area contributed by atoms with Gasteiger partial charge in [0.1, 0.15) is 5.15 Å². The van der Waals surface area contributed by atoms with Gasteiger partial charge in [0.05, 0.1) is 7.11 Å². The van der Waals surface area contributed by atoms with Crippen molar-refractivity contribution in [3.63, 3.8) is 0 Å². The van der Waals surface area contributed by atoms with Crippen LogP contribution >= 0.6 is 11.6 Å². The molecule has 0 radical (unpaired) electrons. The average molecular weight is 303 g/mol. The van der Waals surface area contributed by atoms with Crippen molar-refractivity contribution in [2.75, 3.05) is 12.4 Å². The van der Waals surface area contributed by atoms with E-state index in [1.54, 1.807) is 12.1 Å². The minimum atomic E-state index is -0.546. The molecule has 108 valence electrons. The highest BCUT2D eigenvalue weighted by Crippen LogP contribution is 2.25. The molecule has 5 heteroatoms. The molecule has 0 amide bonds. The molecule has 2 aromatic rings. The van der Waals surface area contributed by atoms with Crippen LogP contribution < -0.4 is 5.32 Å². The number of hydrogen-bond acceptors (Lipinski definition) is 4. The zero-order valence-electron chi connectivity index (χ0n) is 11.6. The number of pyridine rings is 1. The Kier molecular flexibility index (Phi) is 4.95. The first kappa shape index (κ1) is 15.1. The number of esters is 1. The summed E-state index contributed by atoms with van der Waals surface area (Å²) in [6.45, 7) is 4.32. The van der Waals surface area contributed by atoms with E-state index in [0.717, 1.165) is 5.56 Å². The minimum absolute atomic E-state index is 0.149. The lowest BCUT2D eigenvalue weighted by Gasteiger charge is -2.13. The van der Waals surface area contributed by atoms with Crippen molar-refractivity contribution in [1.29, 1.82) is 0 Å². The van der Waals surface area contributed by atoms with Gasteiger partial charge in [-0.1, -0.05) is 54.6 Å². The molecule has 0 atom stereocenters. The molecule has 0 aliphatic carbocycles. The topological polar surface area (TPSA) is 51.2 Å². The van der Waals surface area contributed by atoms with Gasteiger partial charge in [-0.05, 0) is 11.6 Å². The molecule has 0 aliphatic rings. The summed E-state index contributed by atoms with van der Waals surface area (Å²) >= 11 is 5.97. The van der Waals surface area contributed by atoms with Crippen LogP contribution in [-0.4, -0.2) is 18.1 Å². The van der Waals surface area contributed by atoms with E-state index in [-0.39, 0.29) is 10.8 Å². The second-order valence-corrected chi connectivity index (χ2v) is 4.68. The third-order valence-corrected chi connectivity index (χ3v) is 3.13. The lowest BCUT2D eigenvalue weighted by atomic mass is 10.1. The number of anilines is 1. The van der Waals surface area contributed by atoms with Crippen molar-refractivity contribution in [3.8, 4) is 0 Å². The van der Waals surface area contributed by atoms with Gasteiger partial charge < -0.3 is 10.1 Å². The van der Waals surface area contributed by atoms with E-state index in [9.17, 15) is 4.79 Å². The summed E-state index contributed by atoms with van der Waals surface area (Å²) in [4.78, 5) is 15.8. The third-order valence-electron chi connectivity index (χ3n) is 2.94. The molecule has 1 N–H and O–H groups in total. The fraction of sp³-hybridized carbons (Fsp3) is 0.125. The van der Waals surface area contributed by atoms with E-state index < -0.39 is 5.97 Å². The van der Waals surface area contributed by atoms with Gasteiger partial charge in [-0.3, -0.25) is 0 Å². The number of aromatic nitrogens is 1. The zero-order valence-corrected chi connectivity index (χ0v) is 12.4. The smallest absolute Gasteiger partial charge is 0.357 e. The molecule has 1 aromatic carbocycles. The van der Waals surface area contributed by atoms with Crippen LogP contribution in [0.2, 0.25) is 5.15 Å². The van der Waals surface area contributed by atoms with Crippen LogP contribution in [0.25, 0.3) is 6.08 Å². The molecular weight excluding hydrogens is 288 g/mol. The van der Waals surface area contributed by atoms with Gasteiger partial charge in [-0.15, -0.1) is 0 Å². The predicted molar refractivity (Wildman–Crippen MR) is 84.4 cm³/mol. The molecule has 0 bridgehead atoms. The first-order valence-corrected chi connectivity index (χ1v) is 6.72. The Morgan fingerprint density at radius 1 is 1.43 bits per heavy atom. The maximum Gasteiger partial charge on any atom is 0.357 e. The summed E-state index contributed by atoms with van der Waals surface area (Å²) in [7, 11) is 1.30. The first-order valence-electron chi connectivity index (χ1n) is 6.34. The summed E-state index contributed by atoms with van der Waals surface area (Å²) in [5.41, 5.74) is 2.52. The number of carbonyl (C=O) groups excluding carboxylic acids is 1. The Balaban J connectivity index is 2.32. The molecule has 0 unspecified atom stereocenters. The maximum atomic E-state index is 11.8. The Morgan fingerprint density at radius 3 is 2.76 bits per heavy atom. The van der Waals surface area contributed by atoms with Crippen molar-refractivity contribution in [2.24, 2.45) is 0 Å². The maximum absolute atomic E-state index is 11.8. The summed E-state index contributed by atoms with van der Waals surface area (Å²) in [6.07, 6.45) is 1.56. The van der Waals surface area contributed by atoms with E-state index in [0.29, 0.717) is 17.8 Å². The van der Waals surface area contributed by atoms with Crippen molar-refractivity contribution in [3.05, 3.63) is 65.0 Å². The quantitative estimate of drug-likeness (QED) is 0.674. The van der Waals surface area contributed by atoms with E-state index in [1.165, 1.54) is 7.11 Å². The Bertz CT molecular complexity index is 657. The van der Waals surface area contributed by atoms with Crippen LogP contribution in [0.5, 0.6) is 0 Å². The fourth-order valence-electron chi connectivity index (χ4n) is 1.92.